The van der Waals surface area contributed by atoms with Crippen LogP contribution in [-0.2, 0) is 16.0 Å². The van der Waals surface area contributed by atoms with Crippen LogP contribution in [0.1, 0.15) is 24.8 Å². The molecule has 6 nitrogen and oxygen atoms in total. The molecule has 1 unspecified atom stereocenters. The molecule has 0 radical (unpaired) electrons. The van der Waals surface area contributed by atoms with Gasteiger partial charge in [-0.15, -0.1) is 0 Å². The Morgan fingerprint density at radius 2 is 2.04 bits per heavy atom. The number of nitriles is 1. The first kappa shape index (κ1) is 18.0. The highest BCUT2D eigenvalue weighted by molar-refractivity contribution is 5.79. The highest BCUT2D eigenvalue weighted by atomic mass is 16.2. The van der Waals surface area contributed by atoms with Gasteiger partial charge in [0, 0.05) is 26.1 Å². The summed E-state index contributed by atoms with van der Waals surface area (Å²) in [7, 11) is 0. The molecule has 1 aromatic rings. The van der Waals surface area contributed by atoms with Crippen LogP contribution in [0.15, 0.2) is 30.3 Å². The van der Waals surface area contributed by atoms with Crippen LogP contribution in [0.2, 0.25) is 0 Å². The molecule has 0 aliphatic carbocycles. The lowest BCUT2D eigenvalue weighted by atomic mass is 10.1. The number of nitrogens with one attached hydrogen (secondary N) is 2. The van der Waals surface area contributed by atoms with Crippen molar-refractivity contribution < 1.29 is 9.59 Å². The van der Waals surface area contributed by atoms with Gasteiger partial charge in [0.15, 0.2) is 0 Å². The van der Waals surface area contributed by atoms with Crippen molar-refractivity contribution in [2.75, 3.05) is 26.2 Å². The molecule has 2 amide bonds. The molecule has 0 spiro atoms. The average molecular weight is 328 g/mol. The van der Waals surface area contributed by atoms with Crippen LogP contribution >= 0.6 is 0 Å². The summed E-state index contributed by atoms with van der Waals surface area (Å²) in [6.07, 6.45) is 2.78. The van der Waals surface area contributed by atoms with Gasteiger partial charge in [-0.1, -0.05) is 30.3 Å². The third-order valence-corrected chi connectivity index (χ3v) is 4.11. The van der Waals surface area contributed by atoms with Crippen LogP contribution in [0.3, 0.4) is 0 Å². The third kappa shape index (κ3) is 5.67. The van der Waals surface area contributed by atoms with E-state index in [1.807, 2.05) is 30.3 Å². The minimum atomic E-state index is -0.291. The molecule has 6 heteroatoms. The van der Waals surface area contributed by atoms with Gasteiger partial charge in [0.1, 0.15) is 6.04 Å². The largest absolute Gasteiger partial charge is 0.356 e. The van der Waals surface area contributed by atoms with Gasteiger partial charge < -0.3 is 15.5 Å². The quantitative estimate of drug-likeness (QED) is 0.693. The number of nitrogens with zero attached hydrogens (tertiary/aromatic N) is 2. The van der Waals surface area contributed by atoms with E-state index in [0.29, 0.717) is 26.1 Å². The normalized spacial score (nSPS) is 16.6. The predicted octanol–water partition coefficient (Wildman–Crippen LogP) is 0.840. The van der Waals surface area contributed by atoms with Crippen LogP contribution in [0.4, 0.5) is 0 Å². The van der Waals surface area contributed by atoms with E-state index >= 15 is 0 Å². The molecule has 1 fully saturated rings. The zero-order chi connectivity index (χ0) is 17.2. The van der Waals surface area contributed by atoms with Gasteiger partial charge in [-0.05, 0) is 24.8 Å². The number of amides is 2. The van der Waals surface area contributed by atoms with Crippen molar-refractivity contribution >= 4 is 11.8 Å². The standard InChI is InChI=1S/C18H24N4O2/c19-13-16-7-4-12-22(16)18(24)14-20-10-9-17(23)21-11-8-15-5-2-1-3-6-15/h1-3,5-6,16,20H,4,7-12,14H2,(H,21,23). The average Bonchev–Trinajstić information content (AvgIpc) is 3.08. The highest BCUT2D eigenvalue weighted by Crippen LogP contribution is 2.15. The van der Waals surface area contributed by atoms with Gasteiger partial charge in [-0.2, -0.15) is 5.26 Å². The lowest BCUT2D eigenvalue weighted by Gasteiger charge is -2.19. The monoisotopic (exact) mass is 328 g/mol. The fraction of sp³-hybridized carbons (Fsp3) is 0.500. The summed E-state index contributed by atoms with van der Waals surface area (Å²) in [5.74, 6) is -0.0921. The predicted molar refractivity (Wildman–Crippen MR) is 91.0 cm³/mol. The SMILES string of the molecule is N#CC1CCCN1C(=O)CNCCC(=O)NCCc1ccccc1. The van der Waals surface area contributed by atoms with E-state index in [0.717, 1.165) is 19.3 Å². The fourth-order valence-electron chi connectivity index (χ4n) is 2.78. The maximum absolute atomic E-state index is 12.0. The molecule has 1 aliphatic heterocycles. The molecule has 1 heterocycles. The topological polar surface area (TPSA) is 85.2 Å². The van der Waals surface area contributed by atoms with Crippen molar-refractivity contribution in [3.05, 3.63) is 35.9 Å². The second-order valence-corrected chi connectivity index (χ2v) is 5.89. The molecule has 1 aromatic carbocycles. The molecule has 1 saturated heterocycles. The zero-order valence-electron chi connectivity index (χ0n) is 13.8. The molecule has 0 bridgehead atoms. The summed E-state index contributed by atoms with van der Waals surface area (Å²) >= 11 is 0. The number of carbonyl (C=O) groups is 2. The van der Waals surface area contributed by atoms with E-state index in [2.05, 4.69) is 16.7 Å². The van der Waals surface area contributed by atoms with Crippen molar-refractivity contribution in [3.63, 3.8) is 0 Å². The Kier molecular flexibility index (Phi) is 7.24. The summed E-state index contributed by atoms with van der Waals surface area (Å²) < 4.78 is 0. The van der Waals surface area contributed by atoms with Crippen LogP contribution in [0.25, 0.3) is 0 Å². The first-order chi connectivity index (χ1) is 11.7. The first-order valence-corrected chi connectivity index (χ1v) is 8.41. The molecule has 24 heavy (non-hydrogen) atoms. The Morgan fingerprint density at radius 3 is 2.79 bits per heavy atom. The Labute approximate surface area is 142 Å². The molecule has 1 atom stereocenters. The number of benzene rings is 1. The maximum Gasteiger partial charge on any atom is 0.237 e. The summed E-state index contributed by atoms with van der Waals surface area (Å²) in [5.41, 5.74) is 1.19. The molecule has 2 N–H and O–H groups in total. The molecule has 128 valence electrons. The first-order valence-electron chi connectivity index (χ1n) is 8.41. The number of likely N-dealkylation sites (tertiary alicyclic amines) is 1. The van der Waals surface area contributed by atoms with Crippen LogP contribution in [0, 0.1) is 11.3 Å². The van der Waals surface area contributed by atoms with Gasteiger partial charge in [0.25, 0.3) is 0 Å². The number of hydrogen-bond donors (Lipinski definition) is 2. The third-order valence-electron chi connectivity index (χ3n) is 4.11. The Hall–Kier alpha value is -2.39. The van der Waals surface area contributed by atoms with Gasteiger partial charge in [-0.3, -0.25) is 9.59 Å². The van der Waals surface area contributed by atoms with Crippen molar-refractivity contribution in [2.45, 2.75) is 31.7 Å². The van der Waals surface area contributed by atoms with Crippen molar-refractivity contribution in [1.82, 2.24) is 15.5 Å². The van der Waals surface area contributed by atoms with Crippen molar-refractivity contribution in [2.24, 2.45) is 0 Å². The van der Waals surface area contributed by atoms with E-state index < -0.39 is 0 Å². The number of hydrogen-bond acceptors (Lipinski definition) is 4. The van der Waals surface area contributed by atoms with Crippen LogP contribution in [0.5, 0.6) is 0 Å². The maximum atomic E-state index is 12.0. The number of rotatable bonds is 8. The zero-order valence-corrected chi connectivity index (χ0v) is 13.8. The molecule has 2 rings (SSSR count). The summed E-state index contributed by atoms with van der Waals surface area (Å²) in [4.78, 5) is 25.4. The molecular formula is C18H24N4O2. The fourth-order valence-corrected chi connectivity index (χ4v) is 2.78. The lowest BCUT2D eigenvalue weighted by molar-refractivity contribution is -0.130. The molecule has 1 aliphatic rings. The van der Waals surface area contributed by atoms with Gasteiger partial charge >= 0.3 is 0 Å². The summed E-state index contributed by atoms with van der Waals surface area (Å²) in [6, 6.07) is 11.9. The van der Waals surface area contributed by atoms with Gasteiger partial charge in [0.2, 0.25) is 11.8 Å². The Bertz CT molecular complexity index is 582. The Balaban J connectivity index is 1.54. The molecular weight excluding hydrogens is 304 g/mol. The van der Waals surface area contributed by atoms with Crippen molar-refractivity contribution in [1.29, 1.82) is 5.26 Å². The second kappa shape index (κ2) is 9.68. The summed E-state index contributed by atoms with van der Waals surface area (Å²) in [5, 5.41) is 14.8. The van der Waals surface area contributed by atoms with Crippen molar-refractivity contribution in [3.8, 4) is 6.07 Å². The van der Waals surface area contributed by atoms with E-state index in [9.17, 15) is 9.59 Å². The van der Waals surface area contributed by atoms with Gasteiger partial charge in [-0.25, -0.2) is 0 Å². The molecule has 0 saturated carbocycles. The highest BCUT2D eigenvalue weighted by Gasteiger charge is 2.27. The minimum absolute atomic E-state index is 0.0260. The van der Waals surface area contributed by atoms with E-state index in [1.165, 1.54) is 5.56 Å². The van der Waals surface area contributed by atoms with Gasteiger partial charge in [0.05, 0.1) is 12.6 Å². The van der Waals surface area contributed by atoms with Crippen LogP contribution in [-0.4, -0.2) is 48.9 Å². The second-order valence-electron chi connectivity index (χ2n) is 5.89. The minimum Gasteiger partial charge on any atom is -0.356 e. The number of carbonyl (C=O) groups excluding carboxylic acids is 2. The molecule has 0 aromatic heterocycles. The Morgan fingerprint density at radius 1 is 1.25 bits per heavy atom. The smallest absolute Gasteiger partial charge is 0.237 e. The van der Waals surface area contributed by atoms with Crippen LogP contribution < -0.4 is 10.6 Å². The van der Waals surface area contributed by atoms with E-state index in [4.69, 9.17) is 5.26 Å². The van der Waals surface area contributed by atoms with E-state index in [1.54, 1.807) is 4.90 Å². The summed E-state index contributed by atoms with van der Waals surface area (Å²) in [6.45, 7) is 1.89. The lowest BCUT2D eigenvalue weighted by Crippen LogP contribution is -2.41. The van der Waals surface area contributed by atoms with E-state index in [-0.39, 0.29) is 24.4 Å².